The second-order valence-corrected chi connectivity index (χ2v) is 6.75. The first-order valence-corrected chi connectivity index (χ1v) is 8.59. The largest absolute Gasteiger partial charge is 0.381 e. The van der Waals surface area contributed by atoms with Crippen molar-refractivity contribution in [3.05, 3.63) is 35.5 Å². The number of anilines is 2. The van der Waals surface area contributed by atoms with Crippen LogP contribution in [0.5, 0.6) is 0 Å². The van der Waals surface area contributed by atoms with Crippen LogP contribution in [0.15, 0.2) is 22.7 Å². The van der Waals surface area contributed by atoms with E-state index in [2.05, 4.69) is 15.5 Å². The summed E-state index contributed by atoms with van der Waals surface area (Å²) in [6, 6.07) is 5.58. The van der Waals surface area contributed by atoms with Gasteiger partial charge in [0.1, 0.15) is 6.42 Å². The van der Waals surface area contributed by atoms with Crippen LogP contribution in [-0.4, -0.2) is 42.2 Å². The van der Waals surface area contributed by atoms with Crippen LogP contribution in [0.1, 0.15) is 30.1 Å². The van der Waals surface area contributed by atoms with Crippen molar-refractivity contribution in [3.63, 3.8) is 0 Å². The summed E-state index contributed by atoms with van der Waals surface area (Å²) in [7, 11) is 1.79. The highest BCUT2D eigenvalue weighted by Crippen LogP contribution is 2.47. The van der Waals surface area contributed by atoms with Crippen molar-refractivity contribution in [2.45, 2.75) is 31.6 Å². The summed E-state index contributed by atoms with van der Waals surface area (Å²) in [5.41, 5.74) is 1.95. The van der Waals surface area contributed by atoms with E-state index in [9.17, 15) is 9.59 Å². The van der Waals surface area contributed by atoms with E-state index in [0.29, 0.717) is 37.6 Å². The second-order valence-electron chi connectivity index (χ2n) is 6.75. The average Bonchev–Trinajstić information content (AvgIpc) is 3.12. The van der Waals surface area contributed by atoms with Gasteiger partial charge in [-0.2, -0.15) is 4.98 Å². The zero-order valence-corrected chi connectivity index (χ0v) is 14.7. The van der Waals surface area contributed by atoms with Crippen LogP contribution in [0, 0.1) is 6.92 Å². The molecule has 1 aromatic carbocycles. The summed E-state index contributed by atoms with van der Waals surface area (Å²) in [5.74, 6) is 0.623. The first-order chi connectivity index (χ1) is 12.5. The third-order valence-corrected chi connectivity index (χ3v) is 5.10. The Kier molecular flexibility index (Phi) is 3.99. The molecule has 0 bridgehead atoms. The highest BCUT2D eigenvalue weighted by Gasteiger charge is 2.50. The van der Waals surface area contributed by atoms with Crippen LogP contribution in [0.4, 0.5) is 11.4 Å². The average molecular weight is 356 g/mol. The van der Waals surface area contributed by atoms with E-state index in [1.54, 1.807) is 24.9 Å². The molecular weight excluding hydrogens is 336 g/mol. The Morgan fingerprint density at radius 2 is 2.12 bits per heavy atom. The van der Waals surface area contributed by atoms with E-state index in [1.807, 2.05) is 12.1 Å². The summed E-state index contributed by atoms with van der Waals surface area (Å²) >= 11 is 0. The lowest BCUT2D eigenvalue weighted by atomic mass is 9.75. The smallest absolute Gasteiger partial charge is 0.237 e. The molecule has 26 heavy (non-hydrogen) atoms. The number of amides is 2. The molecule has 2 aromatic rings. The molecule has 0 aliphatic carbocycles. The van der Waals surface area contributed by atoms with Crippen molar-refractivity contribution in [1.29, 1.82) is 0 Å². The van der Waals surface area contributed by atoms with Crippen LogP contribution in [0.2, 0.25) is 0 Å². The van der Waals surface area contributed by atoms with Gasteiger partial charge in [-0.25, -0.2) is 0 Å². The predicted octanol–water partition coefficient (Wildman–Crippen LogP) is 1.58. The minimum atomic E-state index is -0.549. The van der Waals surface area contributed by atoms with Gasteiger partial charge in [0, 0.05) is 31.6 Å². The number of likely N-dealkylation sites (N-methyl/N-ethyl adjacent to an activating group) is 1. The zero-order chi connectivity index (χ0) is 18.3. The van der Waals surface area contributed by atoms with Gasteiger partial charge in [0.15, 0.2) is 5.82 Å². The molecule has 2 aliphatic rings. The molecule has 0 saturated carbocycles. The van der Waals surface area contributed by atoms with E-state index in [0.717, 1.165) is 11.3 Å². The van der Waals surface area contributed by atoms with E-state index in [4.69, 9.17) is 9.26 Å². The van der Waals surface area contributed by atoms with Crippen LogP contribution in [-0.2, 0) is 26.2 Å². The molecule has 1 spiro atoms. The van der Waals surface area contributed by atoms with Crippen LogP contribution in [0.3, 0.4) is 0 Å². The molecule has 1 saturated heterocycles. The van der Waals surface area contributed by atoms with Crippen molar-refractivity contribution in [2.24, 2.45) is 0 Å². The molecule has 4 rings (SSSR count). The Balaban J connectivity index is 1.58. The molecule has 2 aliphatic heterocycles. The number of aromatic nitrogens is 2. The molecule has 3 heterocycles. The fourth-order valence-electron chi connectivity index (χ4n) is 3.79. The molecule has 8 heteroatoms. The number of fused-ring (bicyclic) bond motifs is 2. The lowest BCUT2D eigenvalue weighted by Gasteiger charge is -2.32. The van der Waals surface area contributed by atoms with Crippen molar-refractivity contribution in [3.8, 4) is 0 Å². The Bertz CT molecular complexity index is 870. The predicted molar refractivity (Wildman–Crippen MR) is 93.0 cm³/mol. The summed E-state index contributed by atoms with van der Waals surface area (Å²) in [6.45, 7) is 2.82. The standard InChI is InChI=1S/C18H20N4O4/c1-11-19-16(26-21-11)10-15(23)20-12-3-4-14-13(9-12)18(17(24)22(14)2)5-7-25-8-6-18/h3-4,9H,5-8,10H2,1-2H3,(H,20,23). The molecule has 1 aromatic heterocycles. The molecule has 1 N–H and O–H groups in total. The number of hydrogen-bond donors (Lipinski definition) is 1. The number of carbonyl (C=O) groups excluding carboxylic acids is 2. The number of hydrogen-bond acceptors (Lipinski definition) is 6. The van der Waals surface area contributed by atoms with Gasteiger partial charge in [-0.05, 0) is 43.5 Å². The van der Waals surface area contributed by atoms with E-state index in [-0.39, 0.29) is 24.1 Å². The first-order valence-electron chi connectivity index (χ1n) is 8.59. The van der Waals surface area contributed by atoms with Gasteiger partial charge in [-0.1, -0.05) is 5.16 Å². The van der Waals surface area contributed by atoms with Gasteiger partial charge < -0.3 is 19.5 Å². The summed E-state index contributed by atoms with van der Waals surface area (Å²) < 4.78 is 10.4. The number of carbonyl (C=O) groups is 2. The van der Waals surface area contributed by atoms with Crippen LogP contribution < -0.4 is 10.2 Å². The molecule has 0 unspecified atom stereocenters. The van der Waals surface area contributed by atoms with E-state index >= 15 is 0 Å². The van der Waals surface area contributed by atoms with Crippen molar-refractivity contribution < 1.29 is 18.8 Å². The first kappa shape index (κ1) is 16.7. The number of aryl methyl sites for hydroxylation is 1. The third kappa shape index (κ3) is 2.66. The minimum Gasteiger partial charge on any atom is -0.381 e. The molecule has 8 nitrogen and oxygen atoms in total. The molecule has 1 fully saturated rings. The molecule has 136 valence electrons. The Morgan fingerprint density at radius 3 is 2.81 bits per heavy atom. The van der Waals surface area contributed by atoms with Gasteiger partial charge in [-0.3, -0.25) is 9.59 Å². The lowest BCUT2D eigenvalue weighted by molar-refractivity contribution is -0.126. The van der Waals surface area contributed by atoms with Gasteiger partial charge >= 0.3 is 0 Å². The highest BCUT2D eigenvalue weighted by atomic mass is 16.5. The van der Waals surface area contributed by atoms with Crippen molar-refractivity contribution in [1.82, 2.24) is 10.1 Å². The Labute approximate surface area is 150 Å². The van der Waals surface area contributed by atoms with Gasteiger partial charge in [-0.15, -0.1) is 0 Å². The van der Waals surface area contributed by atoms with Gasteiger partial charge in [0.25, 0.3) is 0 Å². The summed E-state index contributed by atoms with van der Waals surface area (Å²) in [6.07, 6.45) is 1.32. The van der Waals surface area contributed by atoms with E-state index in [1.165, 1.54) is 0 Å². The topological polar surface area (TPSA) is 97.6 Å². The van der Waals surface area contributed by atoms with Crippen molar-refractivity contribution >= 4 is 23.2 Å². The maximum absolute atomic E-state index is 12.9. The maximum atomic E-state index is 12.9. The normalized spacial score (nSPS) is 18.2. The molecule has 0 atom stereocenters. The fraction of sp³-hybridized carbons (Fsp3) is 0.444. The van der Waals surface area contributed by atoms with Gasteiger partial charge in [0.2, 0.25) is 17.7 Å². The summed E-state index contributed by atoms with van der Waals surface area (Å²) in [4.78, 5) is 30.9. The minimum absolute atomic E-state index is 0.00966. The van der Waals surface area contributed by atoms with Gasteiger partial charge in [0.05, 0.1) is 5.41 Å². The fourth-order valence-corrected chi connectivity index (χ4v) is 3.79. The third-order valence-electron chi connectivity index (χ3n) is 5.10. The van der Waals surface area contributed by atoms with Crippen LogP contribution >= 0.6 is 0 Å². The summed E-state index contributed by atoms with van der Waals surface area (Å²) in [5, 5.41) is 6.53. The van der Waals surface area contributed by atoms with E-state index < -0.39 is 5.41 Å². The number of nitrogens with one attached hydrogen (secondary N) is 1. The zero-order valence-electron chi connectivity index (χ0n) is 14.7. The second kappa shape index (κ2) is 6.21. The van der Waals surface area contributed by atoms with Crippen LogP contribution in [0.25, 0.3) is 0 Å². The molecular formula is C18H20N4O4. The number of ether oxygens (including phenoxy) is 1. The monoisotopic (exact) mass is 356 g/mol. The quantitative estimate of drug-likeness (QED) is 0.897. The number of rotatable bonds is 3. The Morgan fingerprint density at radius 1 is 1.35 bits per heavy atom. The number of nitrogens with zero attached hydrogens (tertiary/aromatic N) is 3. The maximum Gasteiger partial charge on any atom is 0.237 e. The van der Waals surface area contributed by atoms with Crippen molar-refractivity contribution in [2.75, 3.05) is 30.5 Å². The molecule has 2 amide bonds. The molecule has 0 radical (unpaired) electrons. The SMILES string of the molecule is Cc1noc(CC(=O)Nc2ccc3c(c2)C2(CCOCC2)C(=O)N3C)n1. The highest BCUT2D eigenvalue weighted by molar-refractivity contribution is 6.08. The Hall–Kier alpha value is -2.74. The lowest BCUT2D eigenvalue weighted by Crippen LogP contribution is -2.42. The number of benzene rings is 1.